The van der Waals surface area contributed by atoms with Crippen LogP contribution in [0.1, 0.15) is 12.8 Å². The van der Waals surface area contributed by atoms with E-state index in [1.165, 1.54) is 18.5 Å². The van der Waals surface area contributed by atoms with Crippen LogP contribution in [-0.4, -0.2) is 71.1 Å². The number of hydrogen-bond donors (Lipinski definition) is 0. The van der Waals surface area contributed by atoms with Gasteiger partial charge >= 0.3 is 0 Å². The van der Waals surface area contributed by atoms with Gasteiger partial charge in [-0.05, 0) is 50.2 Å². The van der Waals surface area contributed by atoms with Gasteiger partial charge in [0.2, 0.25) is 5.91 Å². The molecule has 6 nitrogen and oxygen atoms in total. The number of benzene rings is 2. The number of hydrogen-bond acceptors (Lipinski definition) is 4. The molecule has 0 saturated carbocycles. The van der Waals surface area contributed by atoms with Crippen molar-refractivity contribution >= 4 is 22.6 Å². The summed E-state index contributed by atoms with van der Waals surface area (Å²) < 4.78 is 2.16. The van der Waals surface area contributed by atoms with Gasteiger partial charge in [-0.3, -0.25) is 9.69 Å². The first-order chi connectivity index (χ1) is 14.7. The lowest BCUT2D eigenvalue weighted by atomic mass is 10.1. The quantitative estimate of drug-likeness (QED) is 0.672. The maximum atomic E-state index is 12.6. The van der Waals surface area contributed by atoms with Crippen LogP contribution in [0.5, 0.6) is 0 Å². The molecule has 2 aromatic carbocycles. The topological polar surface area (TPSA) is 44.6 Å². The van der Waals surface area contributed by atoms with Crippen molar-refractivity contribution in [1.82, 2.24) is 19.4 Å². The van der Waals surface area contributed by atoms with Gasteiger partial charge in [0, 0.05) is 44.5 Å². The Bertz CT molecular complexity index is 1040. The third kappa shape index (κ3) is 3.67. The number of likely N-dealkylation sites (tertiary alicyclic amines) is 1. The van der Waals surface area contributed by atoms with Crippen LogP contribution in [0.4, 0.5) is 5.69 Å². The molecule has 0 spiro atoms. The summed E-state index contributed by atoms with van der Waals surface area (Å²) in [4.78, 5) is 24.2. The van der Waals surface area contributed by atoms with Crippen molar-refractivity contribution in [2.75, 3.05) is 50.7 Å². The largest absolute Gasteiger partial charge is 0.368 e. The third-order valence-electron chi connectivity index (χ3n) is 6.45. The van der Waals surface area contributed by atoms with Crippen LogP contribution in [0.2, 0.25) is 0 Å². The first-order valence-corrected chi connectivity index (χ1v) is 11.0. The summed E-state index contributed by atoms with van der Waals surface area (Å²) in [6, 6.07) is 16.9. The number of nitrogens with zero attached hydrogens (tertiary/aromatic N) is 5. The van der Waals surface area contributed by atoms with E-state index in [4.69, 9.17) is 4.98 Å². The van der Waals surface area contributed by atoms with Crippen molar-refractivity contribution in [3.05, 3.63) is 48.5 Å². The second-order valence-electron chi connectivity index (χ2n) is 8.38. The predicted octanol–water partition coefficient (Wildman–Crippen LogP) is 2.98. The zero-order chi connectivity index (χ0) is 20.5. The molecule has 2 saturated heterocycles. The maximum Gasteiger partial charge on any atom is 0.236 e. The number of piperazine rings is 1. The van der Waals surface area contributed by atoms with E-state index in [9.17, 15) is 4.79 Å². The fourth-order valence-corrected chi connectivity index (χ4v) is 4.69. The summed E-state index contributed by atoms with van der Waals surface area (Å²) in [5, 5.41) is 0. The fourth-order valence-electron chi connectivity index (χ4n) is 4.69. The normalized spacial score (nSPS) is 17.8. The Morgan fingerprint density at radius 2 is 1.70 bits per heavy atom. The van der Waals surface area contributed by atoms with E-state index in [1.807, 2.05) is 11.0 Å². The molecule has 0 radical (unpaired) electrons. The summed E-state index contributed by atoms with van der Waals surface area (Å²) in [5.74, 6) is 1.27. The van der Waals surface area contributed by atoms with Crippen LogP contribution in [-0.2, 0) is 11.8 Å². The zero-order valence-corrected chi connectivity index (χ0v) is 17.6. The Morgan fingerprint density at radius 3 is 2.47 bits per heavy atom. The number of carbonyl (C=O) groups excluding carboxylic acids is 1. The average Bonchev–Trinajstić information content (AvgIpc) is 3.42. The van der Waals surface area contributed by atoms with Gasteiger partial charge in [0.15, 0.2) is 0 Å². The highest BCUT2D eigenvalue weighted by atomic mass is 16.2. The van der Waals surface area contributed by atoms with Crippen molar-refractivity contribution in [3.8, 4) is 11.4 Å². The number of imidazole rings is 1. The second kappa shape index (κ2) is 8.11. The van der Waals surface area contributed by atoms with Gasteiger partial charge in [-0.15, -0.1) is 0 Å². The molecular weight excluding hydrogens is 374 g/mol. The smallest absolute Gasteiger partial charge is 0.236 e. The number of aromatic nitrogens is 2. The summed E-state index contributed by atoms with van der Waals surface area (Å²) in [7, 11) is 2.07. The number of anilines is 1. The number of rotatable bonds is 4. The van der Waals surface area contributed by atoms with E-state index in [1.54, 1.807) is 0 Å². The summed E-state index contributed by atoms with van der Waals surface area (Å²) >= 11 is 0. The molecular formula is C24H29N5O. The van der Waals surface area contributed by atoms with Gasteiger partial charge in [-0.25, -0.2) is 4.98 Å². The summed E-state index contributed by atoms with van der Waals surface area (Å²) in [6.45, 7) is 6.06. The third-order valence-corrected chi connectivity index (χ3v) is 6.45. The highest BCUT2D eigenvalue weighted by Crippen LogP contribution is 2.27. The van der Waals surface area contributed by atoms with Crippen molar-refractivity contribution in [2.45, 2.75) is 12.8 Å². The number of amides is 1. The molecule has 156 valence electrons. The second-order valence-corrected chi connectivity index (χ2v) is 8.38. The molecule has 3 heterocycles. The van der Waals surface area contributed by atoms with Crippen molar-refractivity contribution in [3.63, 3.8) is 0 Å². The molecule has 2 aliphatic heterocycles. The molecule has 5 rings (SSSR count). The standard InChI is InChI=1S/C24H29N5O/c1-26-22-10-3-2-9-21(22)25-24(26)19-7-6-8-20(17-19)28-13-15-29(16-14-28)23(30)18-27-11-4-5-12-27/h2-3,6-10,17H,4-5,11-16,18H2,1H3. The fraction of sp³-hybridized carbons (Fsp3) is 0.417. The maximum absolute atomic E-state index is 12.6. The lowest BCUT2D eigenvalue weighted by Gasteiger charge is -2.37. The van der Waals surface area contributed by atoms with E-state index >= 15 is 0 Å². The molecule has 1 amide bonds. The van der Waals surface area contributed by atoms with Gasteiger partial charge in [0.25, 0.3) is 0 Å². The van der Waals surface area contributed by atoms with Gasteiger partial charge in [-0.2, -0.15) is 0 Å². The van der Waals surface area contributed by atoms with Crippen LogP contribution in [0.15, 0.2) is 48.5 Å². The molecule has 0 bridgehead atoms. The van der Waals surface area contributed by atoms with Crippen LogP contribution in [0.25, 0.3) is 22.4 Å². The van der Waals surface area contributed by atoms with Crippen LogP contribution in [0.3, 0.4) is 0 Å². The molecule has 30 heavy (non-hydrogen) atoms. The SMILES string of the molecule is Cn1c(-c2cccc(N3CCN(C(=O)CN4CCCC4)CC3)c2)nc2ccccc21. The molecule has 6 heteroatoms. The number of carbonyl (C=O) groups is 1. The Balaban J connectivity index is 1.28. The highest BCUT2D eigenvalue weighted by Gasteiger charge is 2.24. The Labute approximate surface area is 177 Å². The van der Waals surface area contributed by atoms with E-state index in [-0.39, 0.29) is 5.91 Å². The van der Waals surface area contributed by atoms with Crippen LogP contribution in [0, 0.1) is 0 Å². The number of para-hydroxylation sites is 2. The first kappa shape index (κ1) is 19.1. The molecule has 1 aromatic heterocycles. The molecule has 0 N–H and O–H groups in total. The summed E-state index contributed by atoms with van der Waals surface area (Å²) in [6.07, 6.45) is 2.45. The minimum atomic E-state index is 0.282. The van der Waals surface area contributed by atoms with Crippen molar-refractivity contribution in [1.29, 1.82) is 0 Å². The van der Waals surface area contributed by atoms with E-state index in [0.29, 0.717) is 6.54 Å². The van der Waals surface area contributed by atoms with Gasteiger partial charge < -0.3 is 14.4 Å². The van der Waals surface area contributed by atoms with Gasteiger partial charge in [0.1, 0.15) is 5.82 Å². The van der Waals surface area contributed by atoms with E-state index in [2.05, 4.69) is 63.9 Å². The molecule has 0 unspecified atom stereocenters. The van der Waals surface area contributed by atoms with Gasteiger partial charge in [-0.1, -0.05) is 24.3 Å². The zero-order valence-electron chi connectivity index (χ0n) is 17.6. The highest BCUT2D eigenvalue weighted by molar-refractivity contribution is 5.81. The first-order valence-electron chi connectivity index (χ1n) is 11.0. The number of fused-ring (bicyclic) bond motifs is 1. The molecule has 2 aliphatic rings. The molecule has 3 aromatic rings. The Hall–Kier alpha value is -2.86. The minimum absolute atomic E-state index is 0.282. The summed E-state index contributed by atoms with van der Waals surface area (Å²) in [5.41, 5.74) is 4.48. The predicted molar refractivity (Wildman–Crippen MR) is 121 cm³/mol. The lowest BCUT2D eigenvalue weighted by molar-refractivity contribution is -0.132. The van der Waals surface area contributed by atoms with Crippen LogP contribution >= 0.6 is 0 Å². The van der Waals surface area contributed by atoms with E-state index in [0.717, 1.165) is 61.7 Å². The molecule has 2 fully saturated rings. The number of aryl methyl sites for hydroxylation is 1. The Morgan fingerprint density at radius 1 is 0.933 bits per heavy atom. The van der Waals surface area contributed by atoms with Crippen LogP contribution < -0.4 is 4.90 Å². The van der Waals surface area contributed by atoms with Gasteiger partial charge in [0.05, 0.1) is 17.6 Å². The van der Waals surface area contributed by atoms with Crippen molar-refractivity contribution < 1.29 is 4.79 Å². The lowest BCUT2D eigenvalue weighted by Crippen LogP contribution is -2.51. The molecule has 0 atom stereocenters. The Kier molecular flexibility index (Phi) is 5.17. The van der Waals surface area contributed by atoms with E-state index < -0.39 is 0 Å². The monoisotopic (exact) mass is 403 g/mol. The van der Waals surface area contributed by atoms with Crippen molar-refractivity contribution in [2.24, 2.45) is 7.05 Å². The average molecular weight is 404 g/mol. The minimum Gasteiger partial charge on any atom is -0.368 e. The molecule has 0 aliphatic carbocycles.